The van der Waals surface area contributed by atoms with E-state index in [-0.39, 0.29) is 5.91 Å². The van der Waals surface area contributed by atoms with Crippen molar-refractivity contribution in [3.05, 3.63) is 108 Å². The lowest BCUT2D eigenvalue weighted by Gasteiger charge is -2.20. The molecule has 214 valence electrons. The minimum absolute atomic E-state index is 0.214. The normalized spacial score (nSPS) is 12.0. The van der Waals surface area contributed by atoms with Crippen molar-refractivity contribution < 1.29 is 4.79 Å². The van der Waals surface area contributed by atoms with Crippen molar-refractivity contribution in [2.24, 2.45) is 5.10 Å². The topological polar surface area (TPSA) is 87.4 Å². The Balaban J connectivity index is 1.27. The number of anilines is 2. The second kappa shape index (κ2) is 13.8. The highest BCUT2D eigenvalue weighted by Gasteiger charge is 2.21. The Labute approximate surface area is 250 Å². The maximum atomic E-state index is 12.9. The van der Waals surface area contributed by atoms with E-state index in [1.807, 2.05) is 72.2 Å². The van der Waals surface area contributed by atoms with Crippen LogP contribution in [0.2, 0.25) is 0 Å². The van der Waals surface area contributed by atoms with Crippen molar-refractivity contribution >= 4 is 46.0 Å². The molecule has 2 N–H and O–H groups in total. The number of fused-ring (bicyclic) bond motifs is 1. The molecule has 8 nitrogen and oxygen atoms in total. The molecule has 0 fully saturated rings. The third-order valence-electron chi connectivity index (χ3n) is 7.00. The van der Waals surface area contributed by atoms with Crippen LogP contribution in [-0.2, 0) is 11.3 Å². The number of carbonyl (C=O) groups is 1. The first-order valence-corrected chi connectivity index (χ1v) is 15.0. The van der Waals surface area contributed by atoms with Gasteiger partial charge >= 0.3 is 0 Å². The number of hydrazone groups is 1. The number of thioether (sulfide) groups is 1. The van der Waals surface area contributed by atoms with Gasteiger partial charge in [0.1, 0.15) is 0 Å². The molecule has 0 spiro atoms. The van der Waals surface area contributed by atoms with Gasteiger partial charge in [0, 0.05) is 35.5 Å². The second-order valence-electron chi connectivity index (χ2n) is 9.71. The summed E-state index contributed by atoms with van der Waals surface area (Å²) in [5.41, 5.74) is 6.71. The highest BCUT2D eigenvalue weighted by atomic mass is 32.2. The summed E-state index contributed by atoms with van der Waals surface area (Å²) in [5, 5.41) is 19.2. The maximum absolute atomic E-state index is 12.9. The van der Waals surface area contributed by atoms with E-state index in [1.165, 1.54) is 22.8 Å². The summed E-state index contributed by atoms with van der Waals surface area (Å²) in [6.07, 6.45) is 1.66. The quantitative estimate of drug-likeness (QED) is 0.0999. The van der Waals surface area contributed by atoms with Crippen molar-refractivity contribution in [3.63, 3.8) is 0 Å². The first kappa shape index (κ1) is 28.9. The largest absolute Gasteiger partial charge is 0.377 e. The SMILES string of the molecule is CCN(CC)c1ccc(/C=N\NC(=O)[C@@H](C)Sc2nnc(CNc3cccc4ccccc34)n2-c2ccccc2)cc1. The molecule has 0 unspecified atom stereocenters. The fourth-order valence-corrected chi connectivity index (χ4v) is 5.59. The summed E-state index contributed by atoms with van der Waals surface area (Å²) < 4.78 is 1.99. The predicted molar refractivity (Wildman–Crippen MR) is 174 cm³/mol. The average Bonchev–Trinajstić information content (AvgIpc) is 3.43. The molecule has 1 heterocycles. The lowest BCUT2D eigenvalue weighted by atomic mass is 10.1. The van der Waals surface area contributed by atoms with Gasteiger partial charge in [0.15, 0.2) is 11.0 Å². The summed E-state index contributed by atoms with van der Waals surface area (Å²) in [6, 6.07) is 32.5. The fourth-order valence-electron chi connectivity index (χ4n) is 4.71. The van der Waals surface area contributed by atoms with Crippen LogP contribution in [0.1, 0.15) is 32.2 Å². The average molecular weight is 578 g/mol. The standard InChI is InChI=1S/C33H35N7OS/c1-4-39(5-2)27-20-18-25(19-21-27)22-35-37-32(41)24(3)42-33-38-36-31(40(33)28-14-7-6-8-15-28)23-34-30-17-11-13-26-12-9-10-16-29(26)30/h6-22,24,34H,4-5,23H2,1-3H3,(H,37,41)/b35-22-/t24-/m1/s1. The molecular formula is C33H35N7OS. The monoisotopic (exact) mass is 577 g/mol. The third kappa shape index (κ3) is 6.80. The van der Waals surface area contributed by atoms with E-state index in [9.17, 15) is 4.79 Å². The Morgan fingerprint density at radius 2 is 1.64 bits per heavy atom. The molecule has 0 saturated carbocycles. The van der Waals surface area contributed by atoms with Crippen LogP contribution in [0.4, 0.5) is 11.4 Å². The first-order valence-electron chi connectivity index (χ1n) is 14.1. The van der Waals surface area contributed by atoms with E-state index in [0.29, 0.717) is 11.7 Å². The number of hydrogen-bond acceptors (Lipinski definition) is 7. The lowest BCUT2D eigenvalue weighted by molar-refractivity contribution is -0.120. The van der Waals surface area contributed by atoms with Crippen LogP contribution in [0.15, 0.2) is 107 Å². The zero-order valence-electron chi connectivity index (χ0n) is 24.1. The van der Waals surface area contributed by atoms with Crippen LogP contribution in [0.5, 0.6) is 0 Å². The number of para-hydroxylation sites is 1. The first-order chi connectivity index (χ1) is 20.6. The minimum Gasteiger partial charge on any atom is -0.377 e. The molecule has 0 bridgehead atoms. The third-order valence-corrected chi connectivity index (χ3v) is 8.05. The molecule has 0 aliphatic rings. The predicted octanol–water partition coefficient (Wildman–Crippen LogP) is 6.51. The molecule has 9 heteroatoms. The number of rotatable bonds is 12. The van der Waals surface area contributed by atoms with Crippen LogP contribution in [0.3, 0.4) is 0 Å². The molecule has 0 radical (unpaired) electrons. The molecule has 0 aliphatic heterocycles. The number of hydrogen-bond donors (Lipinski definition) is 2. The second-order valence-corrected chi connectivity index (χ2v) is 11.0. The molecule has 42 heavy (non-hydrogen) atoms. The van der Waals surface area contributed by atoms with Crippen LogP contribution in [0, 0.1) is 0 Å². The Hall–Kier alpha value is -4.63. The summed E-state index contributed by atoms with van der Waals surface area (Å²) in [4.78, 5) is 15.2. The van der Waals surface area contributed by atoms with Crippen molar-refractivity contribution in [3.8, 4) is 5.69 Å². The number of nitrogens with one attached hydrogen (secondary N) is 2. The van der Waals surface area contributed by atoms with E-state index < -0.39 is 5.25 Å². The van der Waals surface area contributed by atoms with E-state index >= 15 is 0 Å². The number of aromatic nitrogens is 3. The summed E-state index contributed by atoms with van der Waals surface area (Å²) >= 11 is 1.34. The molecule has 0 aliphatic carbocycles. The van der Waals surface area contributed by atoms with Gasteiger partial charge in [-0.05, 0) is 62.1 Å². The van der Waals surface area contributed by atoms with Gasteiger partial charge in [-0.15, -0.1) is 10.2 Å². The van der Waals surface area contributed by atoms with E-state index in [0.717, 1.165) is 41.2 Å². The smallest absolute Gasteiger partial charge is 0.253 e. The summed E-state index contributed by atoms with van der Waals surface area (Å²) in [7, 11) is 0. The number of benzene rings is 4. The van der Waals surface area contributed by atoms with Crippen LogP contribution >= 0.6 is 11.8 Å². The molecule has 5 rings (SSSR count). The highest BCUT2D eigenvalue weighted by Crippen LogP contribution is 2.28. The number of amides is 1. The maximum Gasteiger partial charge on any atom is 0.253 e. The van der Waals surface area contributed by atoms with Gasteiger partial charge in [-0.25, -0.2) is 5.43 Å². The molecule has 1 amide bonds. The number of nitrogens with zero attached hydrogens (tertiary/aromatic N) is 5. The molecule has 1 aromatic heterocycles. The molecule has 5 aromatic rings. The Kier molecular flexibility index (Phi) is 9.51. The zero-order valence-corrected chi connectivity index (χ0v) is 24.9. The zero-order chi connectivity index (χ0) is 29.3. The Bertz CT molecular complexity index is 1640. The molecule has 4 aromatic carbocycles. The van der Waals surface area contributed by atoms with Gasteiger partial charge in [-0.1, -0.05) is 78.5 Å². The van der Waals surface area contributed by atoms with Crippen molar-refractivity contribution in [1.29, 1.82) is 0 Å². The number of carbonyl (C=O) groups excluding carboxylic acids is 1. The van der Waals surface area contributed by atoms with E-state index in [4.69, 9.17) is 0 Å². The lowest BCUT2D eigenvalue weighted by Crippen LogP contribution is -2.27. The van der Waals surface area contributed by atoms with Gasteiger partial charge in [0.2, 0.25) is 0 Å². The Morgan fingerprint density at radius 3 is 2.40 bits per heavy atom. The molecule has 1 atom stereocenters. The van der Waals surface area contributed by atoms with E-state index in [1.54, 1.807) is 6.21 Å². The minimum atomic E-state index is -0.447. The Morgan fingerprint density at radius 1 is 0.929 bits per heavy atom. The van der Waals surface area contributed by atoms with Gasteiger partial charge in [0.05, 0.1) is 18.0 Å². The van der Waals surface area contributed by atoms with Crippen LogP contribution in [-0.4, -0.2) is 45.2 Å². The summed E-state index contributed by atoms with van der Waals surface area (Å²) in [5.74, 6) is 0.532. The van der Waals surface area contributed by atoms with Gasteiger partial charge in [0.25, 0.3) is 5.91 Å². The van der Waals surface area contributed by atoms with Gasteiger partial charge in [-0.2, -0.15) is 5.10 Å². The van der Waals surface area contributed by atoms with Crippen LogP contribution < -0.4 is 15.6 Å². The highest BCUT2D eigenvalue weighted by molar-refractivity contribution is 8.00. The van der Waals surface area contributed by atoms with Gasteiger partial charge in [-0.3, -0.25) is 9.36 Å². The summed E-state index contributed by atoms with van der Waals surface area (Å²) in [6.45, 7) is 8.49. The van der Waals surface area contributed by atoms with Crippen molar-refractivity contribution in [2.75, 3.05) is 23.3 Å². The van der Waals surface area contributed by atoms with Crippen molar-refractivity contribution in [1.82, 2.24) is 20.2 Å². The van der Waals surface area contributed by atoms with E-state index in [2.05, 4.69) is 81.2 Å². The fraction of sp³-hybridized carbons (Fsp3) is 0.212. The molecular weight excluding hydrogens is 542 g/mol. The van der Waals surface area contributed by atoms with Gasteiger partial charge < -0.3 is 10.2 Å². The van der Waals surface area contributed by atoms with Crippen molar-refractivity contribution in [2.45, 2.75) is 37.7 Å². The molecule has 0 saturated heterocycles. The van der Waals surface area contributed by atoms with Crippen LogP contribution in [0.25, 0.3) is 16.5 Å².